The minimum atomic E-state index is -0.492. The summed E-state index contributed by atoms with van der Waals surface area (Å²) in [5, 5.41) is 3.17. The highest BCUT2D eigenvalue weighted by atomic mass is 16.2. The van der Waals surface area contributed by atoms with Gasteiger partial charge in [-0.05, 0) is 25.9 Å². The van der Waals surface area contributed by atoms with E-state index in [4.69, 9.17) is 11.5 Å². The van der Waals surface area contributed by atoms with Crippen LogP contribution < -0.4 is 28.0 Å². The van der Waals surface area contributed by atoms with Crippen LogP contribution in [0.15, 0.2) is 9.59 Å². The molecule has 0 aliphatic carbocycles. The van der Waals surface area contributed by atoms with E-state index in [9.17, 15) is 9.59 Å². The van der Waals surface area contributed by atoms with E-state index in [1.165, 1.54) is 4.57 Å². The first-order chi connectivity index (χ1) is 7.61. The van der Waals surface area contributed by atoms with Crippen molar-refractivity contribution in [1.82, 2.24) is 14.9 Å². The van der Waals surface area contributed by atoms with Crippen LogP contribution in [0.5, 0.6) is 0 Å². The number of hydrogen-bond acceptors (Lipinski definition) is 5. The monoisotopic (exact) mass is 225 g/mol. The molecule has 1 aliphatic rings. The van der Waals surface area contributed by atoms with E-state index in [0.717, 1.165) is 25.9 Å². The van der Waals surface area contributed by atoms with Crippen molar-refractivity contribution in [3.05, 3.63) is 20.8 Å². The average molecular weight is 225 g/mol. The highest BCUT2D eigenvalue weighted by molar-refractivity contribution is 5.55. The summed E-state index contributed by atoms with van der Waals surface area (Å²) in [4.78, 5) is 25.9. The molecule has 1 fully saturated rings. The number of aromatic amines is 1. The molecule has 0 atom stereocenters. The third-order valence-electron chi connectivity index (χ3n) is 2.87. The Labute approximate surface area is 91.5 Å². The molecule has 0 aromatic carbocycles. The molecule has 0 unspecified atom stereocenters. The molecule has 0 saturated carbocycles. The number of nitrogen functional groups attached to an aromatic ring is 2. The lowest BCUT2D eigenvalue weighted by atomic mass is 10.1. The third kappa shape index (κ3) is 1.69. The van der Waals surface area contributed by atoms with Gasteiger partial charge in [0.2, 0.25) is 0 Å². The van der Waals surface area contributed by atoms with Gasteiger partial charge in [0, 0.05) is 6.04 Å². The molecule has 0 bridgehead atoms. The molecule has 1 aromatic rings. The van der Waals surface area contributed by atoms with Crippen LogP contribution in [0.1, 0.15) is 18.9 Å². The Bertz CT molecular complexity index is 498. The number of hydrogen-bond donors (Lipinski definition) is 4. The molecule has 2 heterocycles. The molecule has 0 radical (unpaired) electrons. The standard InChI is InChI=1S/C9H15N5O2/c10-6-7(11)13-9(16)14(8(6)15)5-1-3-12-4-2-5/h5,12H,1-4,10-11H2,(H,13,16). The topological polar surface area (TPSA) is 119 Å². The van der Waals surface area contributed by atoms with Crippen molar-refractivity contribution in [2.75, 3.05) is 24.6 Å². The normalized spacial score (nSPS) is 17.5. The molecule has 0 spiro atoms. The summed E-state index contributed by atoms with van der Waals surface area (Å²) in [6, 6.07) is -0.0969. The number of piperidine rings is 1. The van der Waals surface area contributed by atoms with Gasteiger partial charge in [0.05, 0.1) is 0 Å². The largest absolute Gasteiger partial charge is 0.391 e. The zero-order valence-electron chi connectivity index (χ0n) is 8.82. The van der Waals surface area contributed by atoms with Crippen molar-refractivity contribution in [2.24, 2.45) is 0 Å². The van der Waals surface area contributed by atoms with Crippen molar-refractivity contribution in [1.29, 1.82) is 0 Å². The molecule has 16 heavy (non-hydrogen) atoms. The number of anilines is 2. The number of nitrogens with zero attached hydrogens (tertiary/aromatic N) is 1. The fourth-order valence-electron chi connectivity index (χ4n) is 1.98. The molecule has 1 aliphatic heterocycles. The van der Waals surface area contributed by atoms with Gasteiger partial charge in [0.25, 0.3) is 5.56 Å². The molecule has 0 amide bonds. The van der Waals surface area contributed by atoms with E-state index in [0.29, 0.717) is 0 Å². The zero-order chi connectivity index (χ0) is 11.7. The maximum absolute atomic E-state index is 11.8. The summed E-state index contributed by atoms with van der Waals surface area (Å²) in [6.45, 7) is 1.58. The Kier molecular flexibility index (Phi) is 2.69. The zero-order valence-corrected chi connectivity index (χ0v) is 8.82. The summed E-state index contributed by atoms with van der Waals surface area (Å²) < 4.78 is 1.17. The fourth-order valence-corrected chi connectivity index (χ4v) is 1.98. The number of nitrogens with one attached hydrogen (secondary N) is 2. The van der Waals surface area contributed by atoms with Crippen LogP contribution in [0.4, 0.5) is 11.5 Å². The molecular formula is C9H15N5O2. The lowest BCUT2D eigenvalue weighted by Gasteiger charge is -2.24. The lowest BCUT2D eigenvalue weighted by molar-refractivity contribution is 0.351. The average Bonchev–Trinajstić information content (AvgIpc) is 2.28. The van der Waals surface area contributed by atoms with Gasteiger partial charge in [-0.15, -0.1) is 0 Å². The van der Waals surface area contributed by atoms with E-state index in [-0.39, 0.29) is 17.5 Å². The molecule has 1 aromatic heterocycles. The highest BCUT2D eigenvalue weighted by Crippen LogP contribution is 2.15. The van der Waals surface area contributed by atoms with Crippen molar-refractivity contribution in [2.45, 2.75) is 18.9 Å². The van der Waals surface area contributed by atoms with Crippen LogP contribution >= 0.6 is 0 Å². The Morgan fingerprint density at radius 3 is 2.44 bits per heavy atom. The molecule has 7 nitrogen and oxygen atoms in total. The maximum Gasteiger partial charge on any atom is 0.330 e. The van der Waals surface area contributed by atoms with E-state index in [1.54, 1.807) is 0 Å². The Hall–Kier alpha value is -1.76. The van der Waals surface area contributed by atoms with Gasteiger partial charge >= 0.3 is 5.69 Å². The SMILES string of the molecule is Nc1[nH]c(=O)n(C2CCNCC2)c(=O)c1N. The Morgan fingerprint density at radius 2 is 1.81 bits per heavy atom. The first kappa shape index (κ1) is 10.7. The first-order valence-electron chi connectivity index (χ1n) is 5.21. The van der Waals surface area contributed by atoms with Gasteiger partial charge in [-0.3, -0.25) is 14.3 Å². The summed E-state index contributed by atoms with van der Waals surface area (Å²) in [5.74, 6) is -0.0554. The molecule has 1 saturated heterocycles. The Morgan fingerprint density at radius 1 is 1.19 bits per heavy atom. The van der Waals surface area contributed by atoms with Crippen molar-refractivity contribution < 1.29 is 0 Å². The summed E-state index contributed by atoms with van der Waals surface area (Å²) in [5.41, 5.74) is 9.87. The van der Waals surface area contributed by atoms with Crippen LogP contribution in [0.25, 0.3) is 0 Å². The van der Waals surface area contributed by atoms with Crippen molar-refractivity contribution in [3.8, 4) is 0 Å². The quantitative estimate of drug-likeness (QED) is 0.470. The van der Waals surface area contributed by atoms with Crippen LogP contribution in [-0.2, 0) is 0 Å². The van der Waals surface area contributed by atoms with Crippen LogP contribution in [0, 0.1) is 0 Å². The van der Waals surface area contributed by atoms with Crippen LogP contribution in [0.3, 0.4) is 0 Å². The molecule has 7 heteroatoms. The summed E-state index contributed by atoms with van der Waals surface area (Å²) >= 11 is 0. The second kappa shape index (κ2) is 4.01. The van der Waals surface area contributed by atoms with Crippen LogP contribution in [-0.4, -0.2) is 22.6 Å². The van der Waals surface area contributed by atoms with Crippen LogP contribution in [0.2, 0.25) is 0 Å². The van der Waals surface area contributed by atoms with Gasteiger partial charge in [0.15, 0.2) is 0 Å². The minimum absolute atomic E-state index is 0.0554. The second-order valence-electron chi connectivity index (χ2n) is 3.91. The minimum Gasteiger partial charge on any atom is -0.391 e. The molecule has 6 N–H and O–H groups in total. The predicted octanol–water partition coefficient (Wildman–Crippen LogP) is -1.37. The number of nitrogens with two attached hydrogens (primary N) is 2. The van der Waals surface area contributed by atoms with Gasteiger partial charge in [-0.2, -0.15) is 0 Å². The van der Waals surface area contributed by atoms with Gasteiger partial charge in [0.1, 0.15) is 11.5 Å². The van der Waals surface area contributed by atoms with Gasteiger partial charge in [-0.1, -0.05) is 0 Å². The van der Waals surface area contributed by atoms with Crippen molar-refractivity contribution in [3.63, 3.8) is 0 Å². The number of aromatic nitrogens is 2. The maximum atomic E-state index is 11.8. The fraction of sp³-hybridized carbons (Fsp3) is 0.556. The van der Waals surface area contributed by atoms with Gasteiger partial charge in [-0.25, -0.2) is 4.79 Å². The smallest absolute Gasteiger partial charge is 0.330 e. The molecule has 88 valence electrons. The predicted molar refractivity (Wildman–Crippen MR) is 61.3 cm³/mol. The second-order valence-corrected chi connectivity index (χ2v) is 3.91. The first-order valence-corrected chi connectivity index (χ1v) is 5.21. The third-order valence-corrected chi connectivity index (χ3v) is 2.87. The van der Waals surface area contributed by atoms with Gasteiger partial charge < -0.3 is 16.8 Å². The number of rotatable bonds is 1. The highest BCUT2D eigenvalue weighted by Gasteiger charge is 2.20. The lowest BCUT2D eigenvalue weighted by Crippen LogP contribution is -2.43. The van der Waals surface area contributed by atoms with E-state index >= 15 is 0 Å². The summed E-state index contributed by atoms with van der Waals surface area (Å²) in [6.07, 6.45) is 1.48. The van der Waals surface area contributed by atoms with Crippen molar-refractivity contribution >= 4 is 11.5 Å². The Balaban J connectivity index is 2.51. The van der Waals surface area contributed by atoms with E-state index in [2.05, 4.69) is 10.3 Å². The molecular weight excluding hydrogens is 210 g/mol. The number of H-pyrrole nitrogens is 1. The van der Waals surface area contributed by atoms with E-state index < -0.39 is 11.2 Å². The molecule has 2 rings (SSSR count). The van der Waals surface area contributed by atoms with E-state index in [1.807, 2.05) is 0 Å². The summed E-state index contributed by atoms with van der Waals surface area (Å²) in [7, 11) is 0.